The summed E-state index contributed by atoms with van der Waals surface area (Å²) in [4.78, 5) is 11.9. The molecular weight excluding hydrogens is 375 g/mol. The van der Waals surface area contributed by atoms with Crippen molar-refractivity contribution in [1.29, 1.82) is 0 Å². The number of nitrogens with one attached hydrogen (secondary N) is 1. The van der Waals surface area contributed by atoms with Crippen molar-refractivity contribution in [2.75, 3.05) is 7.11 Å². The highest BCUT2D eigenvalue weighted by Crippen LogP contribution is 2.34. The summed E-state index contributed by atoms with van der Waals surface area (Å²) in [7, 11) is 2.89. The first-order valence-corrected chi connectivity index (χ1v) is 9.31. The Morgan fingerprint density at radius 2 is 1.88 bits per heavy atom. The first-order valence-electron chi connectivity index (χ1n) is 6.62. The number of ether oxygens (including phenoxy) is 1. The number of benzene rings is 2. The highest BCUT2D eigenvalue weighted by atomic mass is 35.7. The van der Waals surface area contributed by atoms with Gasteiger partial charge in [0, 0.05) is 26.7 Å². The molecule has 24 heavy (non-hydrogen) atoms. The third-order valence-corrected chi connectivity index (χ3v) is 5.04. The summed E-state index contributed by atoms with van der Waals surface area (Å²) in [6, 6.07) is 8.98. The molecule has 0 aliphatic heterocycles. The van der Waals surface area contributed by atoms with Crippen LogP contribution in [0.4, 0.5) is 0 Å². The van der Waals surface area contributed by atoms with E-state index in [1.54, 1.807) is 18.2 Å². The summed E-state index contributed by atoms with van der Waals surface area (Å²) in [5.41, 5.74) is 0.437. The van der Waals surface area contributed by atoms with E-state index in [4.69, 9.17) is 27.0 Å². The molecule has 1 heterocycles. The van der Waals surface area contributed by atoms with Gasteiger partial charge in [0.05, 0.1) is 17.4 Å². The van der Waals surface area contributed by atoms with Gasteiger partial charge in [0.25, 0.3) is 14.6 Å². The van der Waals surface area contributed by atoms with Gasteiger partial charge in [-0.3, -0.25) is 4.79 Å². The molecule has 0 aliphatic carbocycles. The summed E-state index contributed by atoms with van der Waals surface area (Å²) in [6.07, 6.45) is 0. The van der Waals surface area contributed by atoms with Crippen molar-refractivity contribution in [3.63, 3.8) is 0 Å². The van der Waals surface area contributed by atoms with E-state index >= 15 is 0 Å². The fourth-order valence-corrected chi connectivity index (χ4v) is 3.32. The molecule has 0 unspecified atom stereocenters. The van der Waals surface area contributed by atoms with Gasteiger partial charge in [-0.1, -0.05) is 17.7 Å². The Bertz CT molecular complexity index is 1110. The van der Waals surface area contributed by atoms with E-state index in [0.29, 0.717) is 27.4 Å². The summed E-state index contributed by atoms with van der Waals surface area (Å²) >= 11 is 6.04. The van der Waals surface area contributed by atoms with E-state index in [1.165, 1.54) is 25.3 Å². The van der Waals surface area contributed by atoms with E-state index < -0.39 is 14.6 Å². The zero-order valence-electron chi connectivity index (χ0n) is 12.2. The van der Waals surface area contributed by atoms with Crippen LogP contribution in [0.15, 0.2) is 46.1 Å². The molecule has 3 aromatic rings. The topological polar surface area (TPSA) is 89.1 Å². The van der Waals surface area contributed by atoms with Crippen molar-refractivity contribution in [1.82, 2.24) is 10.2 Å². The molecule has 1 N–H and O–H groups in total. The van der Waals surface area contributed by atoms with Crippen LogP contribution in [-0.4, -0.2) is 25.7 Å². The Morgan fingerprint density at radius 3 is 2.54 bits per heavy atom. The van der Waals surface area contributed by atoms with Crippen molar-refractivity contribution < 1.29 is 13.2 Å². The number of hydrogen-bond donors (Lipinski definition) is 1. The second-order valence-electron chi connectivity index (χ2n) is 4.89. The predicted molar refractivity (Wildman–Crippen MR) is 92.4 cm³/mol. The minimum absolute atomic E-state index is 0.142. The number of nitrogens with zero attached hydrogens (tertiary/aromatic N) is 1. The number of rotatable bonds is 3. The van der Waals surface area contributed by atoms with Gasteiger partial charge in [-0.2, -0.15) is 5.10 Å². The smallest absolute Gasteiger partial charge is 0.272 e. The van der Waals surface area contributed by atoms with Gasteiger partial charge >= 0.3 is 0 Å². The van der Waals surface area contributed by atoms with Crippen LogP contribution in [0.3, 0.4) is 0 Å². The number of hydrogen-bond acceptors (Lipinski definition) is 5. The zero-order chi connectivity index (χ0) is 17.5. The maximum absolute atomic E-state index is 12.0. The number of fused-ring (bicyclic) bond motifs is 1. The van der Waals surface area contributed by atoms with Crippen LogP contribution < -0.4 is 10.3 Å². The van der Waals surface area contributed by atoms with Gasteiger partial charge in [0.1, 0.15) is 11.4 Å². The monoisotopic (exact) mass is 384 g/mol. The Morgan fingerprint density at radius 1 is 1.12 bits per heavy atom. The second kappa shape index (κ2) is 6.08. The Hall–Kier alpha value is -2.09. The molecule has 0 saturated heterocycles. The van der Waals surface area contributed by atoms with Gasteiger partial charge < -0.3 is 4.74 Å². The lowest BCUT2D eigenvalue weighted by Gasteiger charge is -2.10. The van der Waals surface area contributed by atoms with Crippen LogP contribution in [0.25, 0.3) is 22.0 Å². The van der Waals surface area contributed by atoms with Gasteiger partial charge in [-0.25, -0.2) is 13.5 Å². The molecule has 0 aliphatic rings. The molecule has 2 aromatic carbocycles. The Balaban J connectivity index is 2.38. The maximum Gasteiger partial charge on any atom is 0.272 e. The molecular formula is C15H10Cl2N2O4S. The molecule has 9 heteroatoms. The third-order valence-electron chi connectivity index (χ3n) is 3.46. The van der Waals surface area contributed by atoms with Gasteiger partial charge in [-0.15, -0.1) is 0 Å². The molecule has 0 fully saturated rings. The summed E-state index contributed by atoms with van der Waals surface area (Å²) in [6.45, 7) is 0. The van der Waals surface area contributed by atoms with Crippen LogP contribution in [0, 0.1) is 0 Å². The highest BCUT2D eigenvalue weighted by molar-refractivity contribution is 8.13. The minimum Gasteiger partial charge on any atom is -0.496 e. The molecule has 1 aromatic heterocycles. The normalized spacial score (nSPS) is 11.6. The molecule has 0 bridgehead atoms. The van der Waals surface area contributed by atoms with Crippen molar-refractivity contribution in [3.8, 4) is 17.0 Å². The standard InChI is InChI=1S/C15H10Cl2N2O4S/c1-23-13-5-2-8(16)6-12(13)14-10-4-3-9(24(17,21)22)7-11(10)15(20)19-18-14/h2-7H,1H3,(H,19,20). The number of halogens is 2. The average molecular weight is 385 g/mol. The number of methoxy groups -OCH3 is 1. The molecule has 0 spiro atoms. The first kappa shape index (κ1) is 16.8. The number of aromatic amines is 1. The quantitative estimate of drug-likeness (QED) is 0.700. The molecule has 0 saturated carbocycles. The van der Waals surface area contributed by atoms with E-state index in [-0.39, 0.29) is 10.3 Å². The van der Waals surface area contributed by atoms with E-state index in [9.17, 15) is 13.2 Å². The zero-order valence-corrected chi connectivity index (χ0v) is 14.5. The SMILES string of the molecule is COc1ccc(Cl)cc1-c1n[nH]c(=O)c2cc(S(=O)(=O)Cl)ccc12. The van der Waals surface area contributed by atoms with Gasteiger partial charge in [0.15, 0.2) is 0 Å². The van der Waals surface area contributed by atoms with Crippen molar-refractivity contribution in [3.05, 3.63) is 51.8 Å². The Kier molecular flexibility index (Phi) is 4.25. The first-order chi connectivity index (χ1) is 11.3. The van der Waals surface area contributed by atoms with Crippen LogP contribution in [0.1, 0.15) is 0 Å². The minimum atomic E-state index is -3.95. The molecule has 0 atom stereocenters. The lowest BCUT2D eigenvalue weighted by Crippen LogP contribution is -2.10. The summed E-state index contributed by atoms with van der Waals surface area (Å²) in [5.74, 6) is 0.509. The van der Waals surface area contributed by atoms with Crippen LogP contribution in [-0.2, 0) is 9.05 Å². The third kappa shape index (κ3) is 2.98. The molecule has 3 rings (SSSR count). The lowest BCUT2D eigenvalue weighted by molar-refractivity contribution is 0.416. The molecule has 0 amide bonds. The fraction of sp³-hybridized carbons (Fsp3) is 0.0667. The van der Waals surface area contributed by atoms with Crippen molar-refractivity contribution in [2.45, 2.75) is 4.90 Å². The molecule has 0 radical (unpaired) electrons. The largest absolute Gasteiger partial charge is 0.496 e. The van der Waals surface area contributed by atoms with Crippen LogP contribution >= 0.6 is 22.3 Å². The van der Waals surface area contributed by atoms with Gasteiger partial charge in [-0.05, 0) is 30.3 Å². The second-order valence-corrected chi connectivity index (χ2v) is 7.89. The van der Waals surface area contributed by atoms with Crippen molar-refractivity contribution in [2.24, 2.45) is 0 Å². The van der Waals surface area contributed by atoms with E-state index in [1.807, 2.05) is 0 Å². The fourth-order valence-electron chi connectivity index (χ4n) is 2.37. The highest BCUT2D eigenvalue weighted by Gasteiger charge is 2.17. The van der Waals surface area contributed by atoms with Gasteiger partial charge in [0.2, 0.25) is 0 Å². The van der Waals surface area contributed by atoms with E-state index in [2.05, 4.69) is 10.2 Å². The number of H-pyrrole nitrogens is 1. The van der Waals surface area contributed by atoms with Crippen LogP contribution in [0.2, 0.25) is 5.02 Å². The van der Waals surface area contributed by atoms with Crippen molar-refractivity contribution >= 4 is 42.1 Å². The summed E-state index contributed by atoms with van der Waals surface area (Å²) in [5, 5.41) is 7.46. The average Bonchev–Trinajstić information content (AvgIpc) is 2.54. The van der Waals surface area contributed by atoms with E-state index in [0.717, 1.165) is 0 Å². The van der Waals surface area contributed by atoms with Crippen LogP contribution in [0.5, 0.6) is 5.75 Å². The predicted octanol–water partition coefficient (Wildman–Crippen LogP) is 3.18. The molecule has 6 nitrogen and oxygen atoms in total. The number of aromatic nitrogens is 2. The molecule has 124 valence electrons. The Labute approximate surface area is 146 Å². The lowest BCUT2D eigenvalue weighted by atomic mass is 10.0. The summed E-state index contributed by atoms with van der Waals surface area (Å²) < 4.78 is 28.3. The maximum atomic E-state index is 12.0.